The van der Waals surface area contributed by atoms with Crippen LogP contribution in [0.2, 0.25) is 0 Å². The Morgan fingerprint density at radius 1 is 1.44 bits per heavy atom. The average Bonchev–Trinajstić information content (AvgIpc) is 3.09. The van der Waals surface area contributed by atoms with Crippen LogP contribution >= 0.6 is 11.8 Å². The van der Waals surface area contributed by atoms with Gasteiger partial charge in [-0.2, -0.15) is 0 Å². The molecule has 0 radical (unpaired) electrons. The van der Waals surface area contributed by atoms with E-state index in [9.17, 15) is 0 Å². The topological polar surface area (TPSA) is 56.7 Å². The Balaban J connectivity index is 2.24. The van der Waals surface area contributed by atoms with E-state index >= 15 is 0 Å². The Morgan fingerprint density at radius 2 is 2.25 bits per heavy atom. The van der Waals surface area contributed by atoms with Crippen molar-refractivity contribution in [3.8, 4) is 0 Å². The molecule has 2 heterocycles. The van der Waals surface area contributed by atoms with Gasteiger partial charge in [-0.05, 0) is 31.2 Å². The molecule has 0 aromatic carbocycles. The highest BCUT2D eigenvalue weighted by molar-refractivity contribution is 7.98. The van der Waals surface area contributed by atoms with Crippen molar-refractivity contribution in [3.05, 3.63) is 17.8 Å². The first-order valence-corrected chi connectivity index (χ1v) is 6.68. The molecule has 0 unspecified atom stereocenters. The highest BCUT2D eigenvalue weighted by atomic mass is 32.2. The predicted molar refractivity (Wildman–Crippen MR) is 65.5 cm³/mol. The van der Waals surface area contributed by atoms with Crippen molar-refractivity contribution >= 4 is 22.9 Å². The molecule has 2 aromatic rings. The van der Waals surface area contributed by atoms with E-state index in [0.29, 0.717) is 12.6 Å². The molecule has 84 valence electrons. The molecule has 0 bridgehead atoms. The summed E-state index contributed by atoms with van der Waals surface area (Å²) in [6.07, 6.45) is 4.55. The number of fused-ring (bicyclic) bond motifs is 1. The molecule has 0 spiro atoms. The second-order valence-electron chi connectivity index (χ2n) is 4.05. The molecule has 0 aliphatic heterocycles. The number of rotatable bonds is 3. The van der Waals surface area contributed by atoms with Crippen molar-refractivity contribution in [3.63, 3.8) is 0 Å². The van der Waals surface area contributed by atoms with Crippen molar-refractivity contribution in [1.82, 2.24) is 14.5 Å². The molecule has 1 aliphatic carbocycles. The lowest BCUT2D eigenvalue weighted by Crippen LogP contribution is -2.02. The Kier molecular flexibility index (Phi) is 2.37. The molecule has 1 aliphatic rings. The quantitative estimate of drug-likeness (QED) is 0.825. The van der Waals surface area contributed by atoms with Crippen LogP contribution in [0.3, 0.4) is 0 Å². The Bertz CT molecular complexity index is 530. The van der Waals surface area contributed by atoms with Gasteiger partial charge in [0.2, 0.25) is 0 Å². The number of nitrogens with zero attached hydrogens (tertiary/aromatic N) is 3. The number of thioether (sulfide) groups is 1. The maximum atomic E-state index is 5.62. The molecule has 1 fully saturated rings. The van der Waals surface area contributed by atoms with Crippen LogP contribution in [0.25, 0.3) is 11.2 Å². The lowest BCUT2D eigenvalue weighted by Gasteiger charge is -2.04. The van der Waals surface area contributed by atoms with Gasteiger partial charge in [0.1, 0.15) is 5.52 Å². The molecule has 2 N–H and O–H groups in total. The summed E-state index contributed by atoms with van der Waals surface area (Å²) in [5.74, 6) is 0. The number of hydrogen-bond acceptors (Lipinski definition) is 4. The van der Waals surface area contributed by atoms with Gasteiger partial charge in [0, 0.05) is 12.6 Å². The molecule has 0 atom stereocenters. The lowest BCUT2D eigenvalue weighted by atomic mass is 10.3. The normalized spacial score (nSPS) is 15.9. The molecule has 5 heteroatoms. The van der Waals surface area contributed by atoms with Gasteiger partial charge in [-0.3, -0.25) is 0 Å². The minimum Gasteiger partial charge on any atom is -0.325 e. The third-order valence-corrected chi connectivity index (χ3v) is 3.52. The first-order chi connectivity index (χ1) is 7.83. The van der Waals surface area contributed by atoms with E-state index in [-0.39, 0.29) is 0 Å². The zero-order valence-corrected chi connectivity index (χ0v) is 10.00. The van der Waals surface area contributed by atoms with Gasteiger partial charge in [0.25, 0.3) is 0 Å². The van der Waals surface area contributed by atoms with Crippen molar-refractivity contribution < 1.29 is 0 Å². The summed E-state index contributed by atoms with van der Waals surface area (Å²) in [4.78, 5) is 9.18. The van der Waals surface area contributed by atoms with E-state index in [2.05, 4.69) is 20.8 Å². The maximum absolute atomic E-state index is 5.62. The molecular weight excluding hydrogens is 220 g/mol. The molecule has 0 amide bonds. The number of pyridine rings is 1. The predicted octanol–water partition coefficient (Wildman–Crippen LogP) is 1.95. The van der Waals surface area contributed by atoms with E-state index in [1.54, 1.807) is 11.8 Å². The minimum atomic E-state index is 0.486. The monoisotopic (exact) mass is 234 g/mol. The summed E-state index contributed by atoms with van der Waals surface area (Å²) < 4.78 is 2.26. The van der Waals surface area contributed by atoms with Crippen molar-refractivity contribution in [1.29, 1.82) is 0 Å². The highest BCUT2D eigenvalue weighted by Crippen LogP contribution is 2.40. The Morgan fingerprint density at radius 3 is 2.88 bits per heavy atom. The van der Waals surface area contributed by atoms with E-state index < -0.39 is 0 Å². The van der Waals surface area contributed by atoms with Gasteiger partial charge in [-0.25, -0.2) is 9.97 Å². The van der Waals surface area contributed by atoms with Gasteiger partial charge >= 0.3 is 0 Å². The van der Waals surface area contributed by atoms with Crippen LogP contribution in [0.1, 0.15) is 24.6 Å². The highest BCUT2D eigenvalue weighted by Gasteiger charge is 2.28. The van der Waals surface area contributed by atoms with Crippen molar-refractivity contribution in [2.45, 2.75) is 30.6 Å². The molecule has 2 aromatic heterocycles. The summed E-state index contributed by atoms with van der Waals surface area (Å²) >= 11 is 1.68. The number of hydrogen-bond donors (Lipinski definition) is 1. The zero-order valence-electron chi connectivity index (χ0n) is 9.18. The molecule has 0 saturated heterocycles. The fourth-order valence-electron chi connectivity index (χ4n) is 1.91. The van der Waals surface area contributed by atoms with E-state index in [4.69, 9.17) is 5.73 Å². The summed E-state index contributed by atoms with van der Waals surface area (Å²) in [6.45, 7) is 0.486. The van der Waals surface area contributed by atoms with Crippen molar-refractivity contribution in [2.75, 3.05) is 6.26 Å². The second-order valence-corrected chi connectivity index (χ2v) is 4.82. The summed E-state index contributed by atoms with van der Waals surface area (Å²) in [5.41, 5.74) is 8.53. The third kappa shape index (κ3) is 1.51. The second kappa shape index (κ2) is 3.75. The van der Waals surface area contributed by atoms with Gasteiger partial charge < -0.3 is 10.3 Å². The van der Waals surface area contributed by atoms with Crippen LogP contribution in [0.15, 0.2) is 17.3 Å². The average molecular weight is 234 g/mol. The van der Waals surface area contributed by atoms with Crippen LogP contribution in [0.5, 0.6) is 0 Å². The maximum Gasteiger partial charge on any atom is 0.170 e. The first-order valence-electron chi connectivity index (χ1n) is 5.45. The van der Waals surface area contributed by atoms with E-state index in [1.807, 2.05) is 12.1 Å². The number of nitrogens with two attached hydrogens (primary N) is 1. The van der Waals surface area contributed by atoms with Gasteiger partial charge in [-0.15, -0.1) is 0 Å². The number of aromatic nitrogens is 3. The molecular formula is C11H14N4S. The van der Waals surface area contributed by atoms with Gasteiger partial charge in [0.15, 0.2) is 10.8 Å². The Hall–Kier alpha value is -1.07. The van der Waals surface area contributed by atoms with Crippen LogP contribution in [0.4, 0.5) is 0 Å². The smallest absolute Gasteiger partial charge is 0.170 e. The molecule has 16 heavy (non-hydrogen) atoms. The molecule has 4 nitrogen and oxygen atoms in total. The lowest BCUT2D eigenvalue weighted by molar-refractivity contribution is 0.677. The van der Waals surface area contributed by atoms with Crippen LogP contribution < -0.4 is 5.73 Å². The van der Waals surface area contributed by atoms with Crippen LogP contribution in [-0.4, -0.2) is 20.8 Å². The van der Waals surface area contributed by atoms with Gasteiger partial charge in [0.05, 0.1) is 5.69 Å². The fraction of sp³-hybridized carbons (Fsp3) is 0.455. The number of imidazole rings is 1. The van der Waals surface area contributed by atoms with Crippen LogP contribution in [0, 0.1) is 0 Å². The largest absolute Gasteiger partial charge is 0.325 e. The summed E-state index contributed by atoms with van der Waals surface area (Å²) in [7, 11) is 0. The third-order valence-electron chi connectivity index (χ3n) is 2.87. The van der Waals surface area contributed by atoms with E-state index in [0.717, 1.165) is 22.0 Å². The molecule has 1 saturated carbocycles. The summed E-state index contributed by atoms with van der Waals surface area (Å²) in [5, 5.41) is 1.07. The fourth-order valence-corrected chi connectivity index (χ4v) is 2.53. The minimum absolute atomic E-state index is 0.486. The zero-order chi connectivity index (χ0) is 11.1. The summed E-state index contributed by atoms with van der Waals surface area (Å²) in [6, 6.07) is 4.58. The van der Waals surface area contributed by atoms with E-state index in [1.165, 1.54) is 12.8 Å². The Labute approximate surface area is 98.3 Å². The van der Waals surface area contributed by atoms with Crippen LogP contribution in [-0.2, 0) is 6.54 Å². The van der Waals surface area contributed by atoms with Crippen molar-refractivity contribution in [2.24, 2.45) is 5.73 Å². The molecule has 3 rings (SSSR count). The standard InChI is InChI=1S/C11H14N4S/c1-16-11-14-9-5-2-7(6-12)13-10(9)15(11)8-3-4-8/h2,5,8H,3-4,6,12H2,1H3. The van der Waals surface area contributed by atoms with Gasteiger partial charge in [-0.1, -0.05) is 11.8 Å². The SMILES string of the molecule is CSc1nc2ccc(CN)nc2n1C1CC1. The first kappa shape index (κ1) is 10.1.